The third-order valence-corrected chi connectivity index (χ3v) is 13.2. The van der Waals surface area contributed by atoms with Crippen LogP contribution in [0.2, 0.25) is 0 Å². The molecule has 72 heavy (non-hydrogen) atoms. The van der Waals surface area contributed by atoms with Crippen LogP contribution in [0.3, 0.4) is 0 Å². The van der Waals surface area contributed by atoms with Gasteiger partial charge in [0.05, 0.1) is 35.2 Å². The number of rotatable bonds is 16. The number of aromatic nitrogens is 6. The van der Waals surface area contributed by atoms with Crippen molar-refractivity contribution in [3.8, 4) is 0 Å². The van der Waals surface area contributed by atoms with Crippen LogP contribution in [0.5, 0.6) is 0 Å². The van der Waals surface area contributed by atoms with Crippen molar-refractivity contribution in [2.24, 2.45) is 18.9 Å². The summed E-state index contributed by atoms with van der Waals surface area (Å²) in [4.78, 5) is 97.4. The molecule has 0 aliphatic carbocycles. The van der Waals surface area contributed by atoms with Crippen molar-refractivity contribution >= 4 is 59.2 Å². The number of hydrogen-bond donors (Lipinski definition) is 4. The summed E-state index contributed by atoms with van der Waals surface area (Å²) in [6, 6.07) is 16.0. The summed E-state index contributed by atoms with van der Waals surface area (Å²) in [6.07, 6.45) is 5.01. The standard InChI is InChI=1S/C50H55FN14O7/c1-7-37(32-11-9-8-10-12-32)57-48(70)65-43(35(44(65)66)22-30-15-18-54-39(52)24-30)47(69)61(5)50-59-63(27-72-50)20-17-38(34-26-33(51)14-13-28(34)2)58-49(71)64-42(46(68)60(4)41-16-19-55-62(41)6)36(45(64)67)23-31-21-29(3)56-40(53)25-31/h8-16,18-19,21,24-27,35-38,42-43H,7,17,20,22-23H2,1-6H3,(H5-,52,53,54,56,57,58,70,71)/p+1/t35-,36-,37-,38-,42+,43+/m1/s1. The Morgan fingerprint density at radius 1 is 0.806 bits per heavy atom. The van der Waals surface area contributed by atoms with Gasteiger partial charge >= 0.3 is 24.5 Å². The van der Waals surface area contributed by atoms with Crippen LogP contribution in [0.25, 0.3) is 0 Å². The summed E-state index contributed by atoms with van der Waals surface area (Å²) in [5.41, 5.74) is 15.7. The number of carbonyl (C=O) groups is 6. The first-order valence-corrected chi connectivity index (χ1v) is 23.3. The quantitative estimate of drug-likeness (QED) is 0.0794. The Morgan fingerprint density at radius 3 is 2.07 bits per heavy atom. The van der Waals surface area contributed by atoms with E-state index in [2.05, 4.69) is 30.8 Å². The zero-order valence-electron chi connectivity index (χ0n) is 40.6. The number of hydrogen-bond acceptors (Lipinski definition) is 13. The van der Waals surface area contributed by atoms with Crippen molar-refractivity contribution in [1.82, 2.24) is 45.3 Å². The number of anilines is 4. The highest BCUT2D eigenvalue weighted by atomic mass is 19.1. The lowest BCUT2D eigenvalue weighted by atomic mass is 9.81. The maximum atomic E-state index is 15.0. The highest BCUT2D eigenvalue weighted by Gasteiger charge is 2.57. The van der Waals surface area contributed by atoms with Crippen LogP contribution in [-0.2, 0) is 45.6 Å². The van der Waals surface area contributed by atoms with Crippen LogP contribution in [0, 0.1) is 31.5 Å². The molecule has 8 rings (SSSR count). The molecule has 2 saturated heterocycles. The Kier molecular flexibility index (Phi) is 14.4. The SMILES string of the molecule is CC[C@@H](NC(=O)N1C(=O)[C@H](Cc2ccnc(N)c2)[C@H]1C(=O)N(C)c1n[n+](CC[C@@H](NC(=O)N2C(=O)[C@H](Cc3cc(C)nc(N)c3)[C@H]2C(=O)N(C)c2ccnn2C)c2cc(F)ccc2C)co1)c1ccccc1. The lowest BCUT2D eigenvalue weighted by Crippen LogP contribution is -2.70. The summed E-state index contributed by atoms with van der Waals surface area (Å²) < 4.78 is 23.6. The number of carbonyl (C=O) groups excluding carboxylic acids is 6. The molecule has 6 heterocycles. The summed E-state index contributed by atoms with van der Waals surface area (Å²) >= 11 is 0. The molecule has 6 N–H and O–H groups in total. The van der Waals surface area contributed by atoms with Gasteiger partial charge in [0.15, 0.2) is 6.54 Å². The van der Waals surface area contributed by atoms with Gasteiger partial charge in [-0.25, -0.2) is 23.9 Å². The minimum absolute atomic E-state index is 0.0256. The van der Waals surface area contributed by atoms with E-state index >= 15 is 0 Å². The molecule has 21 nitrogen and oxygen atoms in total. The molecule has 2 fully saturated rings. The Morgan fingerprint density at radius 2 is 1.44 bits per heavy atom. The molecular weight excluding hydrogens is 928 g/mol. The van der Waals surface area contributed by atoms with E-state index < -0.39 is 77.5 Å². The highest BCUT2D eigenvalue weighted by Crippen LogP contribution is 2.36. The van der Waals surface area contributed by atoms with Crippen molar-refractivity contribution in [3.05, 3.63) is 137 Å². The molecular formula is C50H56FN14O7+. The van der Waals surface area contributed by atoms with E-state index in [1.165, 1.54) is 59.3 Å². The summed E-state index contributed by atoms with van der Waals surface area (Å²) in [5.74, 6) is -3.91. The number of imide groups is 2. The molecule has 6 atom stereocenters. The number of likely N-dealkylation sites (N-methyl/N-ethyl adjacent to an activating group) is 2. The number of amides is 8. The molecule has 0 saturated carbocycles. The Labute approximate surface area is 414 Å². The predicted molar refractivity (Wildman–Crippen MR) is 259 cm³/mol. The van der Waals surface area contributed by atoms with Gasteiger partial charge in [-0.2, -0.15) is 5.10 Å². The first-order valence-electron chi connectivity index (χ1n) is 23.3. The minimum atomic E-state index is -1.25. The Bertz CT molecular complexity index is 3020. The van der Waals surface area contributed by atoms with Gasteiger partial charge in [-0.15, -0.1) is 0 Å². The van der Waals surface area contributed by atoms with Gasteiger partial charge in [0.1, 0.15) is 35.4 Å². The monoisotopic (exact) mass is 983 g/mol. The van der Waals surface area contributed by atoms with E-state index in [1.54, 1.807) is 57.3 Å². The van der Waals surface area contributed by atoms with Crippen LogP contribution in [0.15, 0.2) is 102 Å². The molecule has 6 aromatic rings. The van der Waals surface area contributed by atoms with Crippen LogP contribution in [0.1, 0.15) is 65.4 Å². The molecule has 0 radical (unpaired) electrons. The van der Waals surface area contributed by atoms with Gasteiger partial charge in [-0.05, 0) is 97.3 Å². The van der Waals surface area contributed by atoms with Gasteiger partial charge in [0.25, 0.3) is 11.8 Å². The first kappa shape index (κ1) is 49.8. The molecule has 2 aliphatic rings. The molecule has 0 spiro atoms. The molecule has 0 bridgehead atoms. The van der Waals surface area contributed by atoms with Gasteiger partial charge in [-0.1, -0.05) is 48.0 Å². The molecule has 374 valence electrons. The zero-order valence-corrected chi connectivity index (χ0v) is 40.6. The van der Waals surface area contributed by atoms with Crippen LogP contribution >= 0.6 is 0 Å². The second-order valence-electron chi connectivity index (χ2n) is 18.0. The third-order valence-electron chi connectivity index (χ3n) is 13.2. The Balaban J connectivity index is 1.01. The van der Waals surface area contributed by atoms with Crippen molar-refractivity contribution in [1.29, 1.82) is 0 Å². The van der Waals surface area contributed by atoms with E-state index in [9.17, 15) is 33.2 Å². The molecule has 22 heteroatoms. The number of benzene rings is 2. The maximum Gasteiger partial charge on any atom is 0.371 e. The number of halogens is 1. The van der Waals surface area contributed by atoms with Crippen molar-refractivity contribution in [3.63, 3.8) is 0 Å². The third kappa shape index (κ3) is 10.2. The van der Waals surface area contributed by atoms with Gasteiger partial charge in [0.2, 0.25) is 11.8 Å². The summed E-state index contributed by atoms with van der Waals surface area (Å²) in [7, 11) is 4.59. The average Bonchev–Trinajstić information content (AvgIpc) is 4.02. The van der Waals surface area contributed by atoms with Gasteiger partial charge in [0, 0.05) is 45.5 Å². The number of likely N-dealkylation sites (tertiary alicyclic amines) is 2. The van der Waals surface area contributed by atoms with Crippen LogP contribution in [0.4, 0.5) is 37.4 Å². The van der Waals surface area contributed by atoms with Crippen molar-refractivity contribution in [2.45, 2.75) is 77.2 Å². The fourth-order valence-corrected chi connectivity index (χ4v) is 9.44. The molecule has 4 aromatic heterocycles. The lowest BCUT2D eigenvalue weighted by Gasteiger charge is -2.46. The fourth-order valence-electron chi connectivity index (χ4n) is 9.44. The normalized spacial score (nSPS) is 18.2. The number of nitrogens with zero attached hydrogens (tertiary/aromatic N) is 10. The number of nitrogen functional groups attached to an aromatic ring is 2. The van der Waals surface area contributed by atoms with Gasteiger partial charge in [-0.3, -0.25) is 43.5 Å². The molecule has 0 unspecified atom stereocenters. The Hall–Kier alpha value is -8.56. The van der Waals surface area contributed by atoms with Crippen molar-refractivity contribution in [2.75, 3.05) is 35.4 Å². The first-order chi connectivity index (χ1) is 34.4. The van der Waals surface area contributed by atoms with E-state index in [1.807, 2.05) is 37.3 Å². The van der Waals surface area contributed by atoms with Crippen LogP contribution < -0.4 is 36.6 Å². The maximum absolute atomic E-state index is 15.0. The lowest BCUT2D eigenvalue weighted by molar-refractivity contribution is -0.754. The highest BCUT2D eigenvalue weighted by molar-refractivity contribution is 6.13. The van der Waals surface area contributed by atoms with E-state index in [-0.39, 0.29) is 43.5 Å². The summed E-state index contributed by atoms with van der Waals surface area (Å²) in [6.45, 7) is 5.42. The number of nitrogens with one attached hydrogen (secondary N) is 2. The average molecular weight is 984 g/mol. The molecule has 2 aromatic carbocycles. The second kappa shape index (κ2) is 20.8. The minimum Gasteiger partial charge on any atom is -0.384 e. The number of β-lactam (4-membered cyclic amide) rings is 2. The number of urea groups is 2. The number of pyridine rings is 2. The topological polar surface area (TPSA) is 265 Å². The smallest absolute Gasteiger partial charge is 0.371 e. The number of aryl methyl sites for hydroxylation is 4. The van der Waals surface area contributed by atoms with E-state index in [0.717, 1.165) is 20.3 Å². The zero-order chi connectivity index (χ0) is 51.5. The number of nitrogens with two attached hydrogens (primary N) is 2. The molecule has 2 aliphatic heterocycles. The van der Waals surface area contributed by atoms with E-state index in [4.69, 9.17) is 15.9 Å². The van der Waals surface area contributed by atoms with Crippen LogP contribution in [-0.4, -0.2) is 96.5 Å². The fraction of sp³-hybridized carbons (Fsp3) is 0.340. The summed E-state index contributed by atoms with van der Waals surface area (Å²) in [5, 5.41) is 14.5. The van der Waals surface area contributed by atoms with Gasteiger partial charge < -0.3 is 26.5 Å². The molecule has 8 amide bonds. The predicted octanol–water partition coefficient (Wildman–Crippen LogP) is 3.87. The largest absolute Gasteiger partial charge is 0.384 e. The van der Waals surface area contributed by atoms with Crippen molar-refractivity contribution < 1.29 is 42.3 Å². The van der Waals surface area contributed by atoms with E-state index in [0.29, 0.717) is 40.2 Å². The second-order valence-corrected chi connectivity index (χ2v) is 18.0.